The zero-order valence-electron chi connectivity index (χ0n) is 22.8. The first-order valence-corrected chi connectivity index (χ1v) is 18.2. The summed E-state index contributed by atoms with van der Waals surface area (Å²) in [6.07, 6.45) is 1.90. The second-order valence-corrected chi connectivity index (χ2v) is 16.9. The van der Waals surface area contributed by atoms with Crippen LogP contribution in [-0.4, -0.2) is 20.1 Å². The van der Waals surface area contributed by atoms with Crippen molar-refractivity contribution < 1.29 is 0 Å². The molecule has 0 spiro atoms. The Morgan fingerprint density at radius 1 is 0.452 bits per heavy atom. The molecule has 42 heavy (non-hydrogen) atoms. The van der Waals surface area contributed by atoms with E-state index in [1.807, 2.05) is 12.3 Å². The Morgan fingerprint density at radius 3 is 1.90 bits per heavy atom. The molecule has 1 nitrogen and oxygen atoms in total. The van der Waals surface area contributed by atoms with Gasteiger partial charge in [-0.15, -0.1) is 0 Å². The molecule has 8 aromatic rings. The van der Waals surface area contributed by atoms with Crippen molar-refractivity contribution >= 4 is 79.7 Å². The minimum atomic E-state index is -2.04. The van der Waals surface area contributed by atoms with Crippen LogP contribution in [0.15, 0.2) is 158 Å². The number of aromatic nitrogens is 1. The van der Waals surface area contributed by atoms with Gasteiger partial charge in [-0.25, -0.2) is 0 Å². The number of rotatable bonds is 4. The van der Waals surface area contributed by atoms with Crippen molar-refractivity contribution in [1.29, 1.82) is 0 Å². The van der Waals surface area contributed by atoms with Gasteiger partial charge in [0.1, 0.15) is 0 Å². The Balaban J connectivity index is 1.35. The van der Waals surface area contributed by atoms with Gasteiger partial charge in [0.15, 0.2) is 0 Å². The number of pyridine rings is 1. The summed E-state index contributed by atoms with van der Waals surface area (Å²) in [6, 6.07) is 55.3. The van der Waals surface area contributed by atoms with Gasteiger partial charge in [-0.05, 0) is 0 Å². The second-order valence-electron chi connectivity index (χ2n) is 10.7. The first kappa shape index (κ1) is 25.4. The first-order valence-electron chi connectivity index (χ1n) is 14.2. The van der Waals surface area contributed by atoms with Gasteiger partial charge >= 0.3 is 254 Å². The van der Waals surface area contributed by atoms with Gasteiger partial charge < -0.3 is 0 Å². The van der Waals surface area contributed by atoms with Crippen LogP contribution in [0.3, 0.4) is 0 Å². The Morgan fingerprint density at radius 2 is 1.10 bits per heavy atom. The molecule has 0 saturated carbocycles. The molecule has 0 radical (unpaired) electrons. The Kier molecular flexibility index (Phi) is 6.16. The number of nitrogens with zero attached hydrogens (tertiary/aromatic N) is 1. The third-order valence-electron chi connectivity index (χ3n) is 8.38. The number of benzene rings is 7. The number of hydrogen-bond acceptors (Lipinski definition) is 1. The van der Waals surface area contributed by atoms with Gasteiger partial charge in [0, 0.05) is 0 Å². The van der Waals surface area contributed by atoms with E-state index in [9.17, 15) is 0 Å². The molecule has 1 atom stereocenters. The van der Waals surface area contributed by atoms with E-state index in [0.717, 1.165) is 5.52 Å². The summed E-state index contributed by atoms with van der Waals surface area (Å²) >= 11 is 3.77. The van der Waals surface area contributed by atoms with Crippen molar-refractivity contribution in [1.82, 2.24) is 4.98 Å². The standard InChI is InChI=1S/C39H26NPSe/c42-41(30-13-2-1-3-14-30,38-18-8-12-27-10-5-7-16-33(27)38)31-22-19-29(20-23-31)36-26-37-32-15-6-4-11-28(32)21-24-35(37)39-34(36)17-9-25-40-39/h1-26H. The van der Waals surface area contributed by atoms with Crippen molar-refractivity contribution in [3.8, 4) is 11.1 Å². The zero-order valence-corrected chi connectivity index (χ0v) is 25.4. The third kappa shape index (κ3) is 3.99. The average Bonchev–Trinajstić information content (AvgIpc) is 3.07. The van der Waals surface area contributed by atoms with Crippen molar-refractivity contribution in [3.63, 3.8) is 0 Å². The molecule has 8 rings (SSSR count). The summed E-state index contributed by atoms with van der Waals surface area (Å²) in [4.78, 5) is 4.87. The summed E-state index contributed by atoms with van der Waals surface area (Å²) in [5, 5.41) is 12.7. The molecular weight excluding hydrogens is 592 g/mol. The fraction of sp³-hybridized carbons (Fsp3) is 0. The molecule has 0 fully saturated rings. The Labute approximate surface area is 252 Å². The van der Waals surface area contributed by atoms with E-state index >= 15 is 0 Å². The van der Waals surface area contributed by atoms with Gasteiger partial charge in [0.05, 0.1) is 0 Å². The summed E-state index contributed by atoms with van der Waals surface area (Å²) < 4.78 is 0. The van der Waals surface area contributed by atoms with Crippen LogP contribution in [0.4, 0.5) is 0 Å². The van der Waals surface area contributed by atoms with Crippen molar-refractivity contribution in [3.05, 3.63) is 158 Å². The van der Waals surface area contributed by atoms with Gasteiger partial charge in [0.2, 0.25) is 0 Å². The van der Waals surface area contributed by atoms with Gasteiger partial charge in [-0.2, -0.15) is 0 Å². The molecule has 1 unspecified atom stereocenters. The predicted octanol–water partition coefficient (Wildman–Crippen LogP) is 8.74. The summed E-state index contributed by atoms with van der Waals surface area (Å²) in [6.45, 7) is 0. The molecule has 0 saturated heterocycles. The maximum atomic E-state index is 4.87. The molecular formula is C39H26NPSe. The van der Waals surface area contributed by atoms with Gasteiger partial charge in [-0.3, -0.25) is 0 Å². The molecule has 0 bridgehead atoms. The van der Waals surface area contributed by atoms with E-state index in [1.54, 1.807) is 0 Å². The van der Waals surface area contributed by atoms with Crippen LogP contribution in [-0.2, 0) is 0 Å². The molecule has 3 heteroatoms. The van der Waals surface area contributed by atoms with E-state index in [2.05, 4.69) is 161 Å². The topological polar surface area (TPSA) is 12.9 Å². The normalized spacial score (nSPS) is 13.0. The first-order chi connectivity index (χ1) is 20.7. The molecule has 0 aliphatic rings. The van der Waals surface area contributed by atoms with Crippen LogP contribution in [0.25, 0.3) is 54.3 Å². The number of fused-ring (bicyclic) bond motifs is 6. The third-order valence-corrected chi connectivity index (χ3v) is 15.4. The van der Waals surface area contributed by atoms with Crippen LogP contribution < -0.4 is 15.9 Å². The quantitative estimate of drug-likeness (QED) is 0.109. The van der Waals surface area contributed by atoms with Gasteiger partial charge in [0.25, 0.3) is 0 Å². The molecule has 0 N–H and O–H groups in total. The molecule has 7 aromatic carbocycles. The molecule has 1 heterocycles. The van der Waals surface area contributed by atoms with E-state index in [0.29, 0.717) is 0 Å². The summed E-state index contributed by atoms with van der Waals surface area (Å²) in [7, 11) is 0. The fourth-order valence-electron chi connectivity index (χ4n) is 6.35. The van der Waals surface area contributed by atoms with E-state index in [4.69, 9.17) is 4.98 Å². The van der Waals surface area contributed by atoms with Crippen molar-refractivity contribution in [2.75, 3.05) is 0 Å². The molecule has 198 valence electrons. The van der Waals surface area contributed by atoms with Crippen LogP contribution in [0.1, 0.15) is 0 Å². The van der Waals surface area contributed by atoms with E-state index in [1.165, 1.54) is 64.7 Å². The summed E-state index contributed by atoms with van der Waals surface area (Å²) in [5.41, 5.74) is 1.42. The number of hydrogen-bond donors (Lipinski definition) is 0. The predicted molar refractivity (Wildman–Crippen MR) is 184 cm³/mol. The minimum absolute atomic E-state index is 1.05. The van der Waals surface area contributed by atoms with Crippen LogP contribution >= 0.6 is 5.51 Å². The Hall–Kier alpha value is -4.32. The van der Waals surface area contributed by atoms with Crippen molar-refractivity contribution in [2.24, 2.45) is 0 Å². The maximum absolute atomic E-state index is 4.87. The van der Waals surface area contributed by atoms with E-state index < -0.39 is 5.51 Å². The van der Waals surface area contributed by atoms with Crippen LogP contribution in [0, 0.1) is 0 Å². The van der Waals surface area contributed by atoms with E-state index in [-0.39, 0.29) is 0 Å². The average molecular weight is 619 g/mol. The summed E-state index contributed by atoms with van der Waals surface area (Å²) in [5.74, 6) is 0. The molecule has 0 aliphatic carbocycles. The Bertz CT molecular complexity index is 2320. The van der Waals surface area contributed by atoms with Crippen LogP contribution in [0.5, 0.6) is 0 Å². The SMILES string of the molecule is [Se]=P(c1ccccc1)(c1ccc(-c2cc3c4ccccc4ccc3c3ncccc23)cc1)c1cccc2ccccc12. The second kappa shape index (κ2) is 10.2. The van der Waals surface area contributed by atoms with Crippen LogP contribution in [0.2, 0.25) is 0 Å². The molecule has 1 aromatic heterocycles. The molecule has 0 amide bonds. The van der Waals surface area contributed by atoms with Gasteiger partial charge in [-0.1, -0.05) is 0 Å². The fourth-order valence-corrected chi connectivity index (χ4v) is 11.7. The van der Waals surface area contributed by atoms with Crippen molar-refractivity contribution in [2.45, 2.75) is 0 Å². The monoisotopic (exact) mass is 619 g/mol. The molecule has 0 aliphatic heterocycles. The zero-order chi connectivity index (χ0) is 28.1.